The van der Waals surface area contributed by atoms with Crippen LogP contribution in [0.4, 0.5) is 5.82 Å². The Bertz CT molecular complexity index is 370. The topological polar surface area (TPSA) is 90.2 Å². The zero-order valence-corrected chi connectivity index (χ0v) is 9.59. The van der Waals surface area contributed by atoms with Crippen molar-refractivity contribution in [2.75, 3.05) is 31.1 Å². The van der Waals surface area contributed by atoms with E-state index in [9.17, 15) is 4.79 Å². The van der Waals surface area contributed by atoms with Crippen LogP contribution in [0.2, 0.25) is 0 Å². The van der Waals surface area contributed by atoms with Crippen molar-refractivity contribution in [1.82, 2.24) is 9.55 Å². The fraction of sp³-hybridized carbons (Fsp3) is 0.600. The minimum Gasteiger partial charge on any atom is -0.349 e. The van der Waals surface area contributed by atoms with Crippen molar-refractivity contribution >= 4 is 5.82 Å². The van der Waals surface area contributed by atoms with E-state index in [4.69, 9.17) is 11.5 Å². The Balaban J connectivity index is 3.03. The van der Waals surface area contributed by atoms with Crippen molar-refractivity contribution < 1.29 is 0 Å². The molecule has 1 aromatic rings. The van der Waals surface area contributed by atoms with Gasteiger partial charge in [0.25, 0.3) is 5.56 Å². The second-order valence-electron chi connectivity index (χ2n) is 3.41. The van der Waals surface area contributed by atoms with Gasteiger partial charge in [-0.15, -0.1) is 0 Å². The van der Waals surface area contributed by atoms with Gasteiger partial charge in [0.15, 0.2) is 5.82 Å². The number of nitrogens with two attached hydrogens (primary N) is 2. The van der Waals surface area contributed by atoms with Crippen LogP contribution >= 0.6 is 0 Å². The van der Waals surface area contributed by atoms with E-state index in [1.807, 2.05) is 11.8 Å². The Morgan fingerprint density at radius 2 is 2.00 bits per heavy atom. The van der Waals surface area contributed by atoms with Crippen LogP contribution < -0.4 is 21.9 Å². The Morgan fingerprint density at radius 1 is 1.38 bits per heavy atom. The fourth-order valence-electron chi connectivity index (χ4n) is 1.54. The summed E-state index contributed by atoms with van der Waals surface area (Å²) in [5.74, 6) is 0.431. The normalized spacial score (nSPS) is 10.4. The van der Waals surface area contributed by atoms with Crippen LogP contribution in [0.3, 0.4) is 0 Å². The van der Waals surface area contributed by atoms with Gasteiger partial charge in [0.05, 0.1) is 0 Å². The van der Waals surface area contributed by atoms with Gasteiger partial charge in [-0.2, -0.15) is 0 Å². The van der Waals surface area contributed by atoms with Crippen LogP contribution in [0, 0.1) is 0 Å². The van der Waals surface area contributed by atoms with Crippen LogP contribution in [0.1, 0.15) is 6.92 Å². The summed E-state index contributed by atoms with van der Waals surface area (Å²) in [5.41, 5.74) is 10.9. The predicted molar refractivity (Wildman–Crippen MR) is 64.5 cm³/mol. The molecule has 1 aromatic heterocycles. The average Bonchev–Trinajstić information content (AvgIpc) is 2.29. The lowest BCUT2D eigenvalue weighted by Gasteiger charge is -2.21. The monoisotopic (exact) mass is 225 g/mol. The largest absolute Gasteiger partial charge is 0.349 e. The fourth-order valence-corrected chi connectivity index (χ4v) is 1.54. The van der Waals surface area contributed by atoms with Crippen molar-refractivity contribution in [1.29, 1.82) is 0 Å². The van der Waals surface area contributed by atoms with E-state index < -0.39 is 0 Å². The number of aromatic nitrogens is 2. The van der Waals surface area contributed by atoms with Gasteiger partial charge in [0, 0.05) is 45.1 Å². The summed E-state index contributed by atoms with van der Waals surface area (Å²) in [6.45, 7) is 4.68. The van der Waals surface area contributed by atoms with Crippen LogP contribution in [0.25, 0.3) is 0 Å². The molecule has 0 saturated carbocycles. The Hall–Kier alpha value is -1.40. The Labute approximate surface area is 94.9 Å². The zero-order valence-electron chi connectivity index (χ0n) is 9.59. The highest BCUT2D eigenvalue weighted by molar-refractivity contribution is 5.35. The molecule has 0 amide bonds. The first-order chi connectivity index (χ1) is 7.74. The molecule has 1 rings (SSSR count). The lowest BCUT2D eigenvalue weighted by Crippen LogP contribution is -2.39. The molecule has 0 fully saturated rings. The molecule has 0 aromatic carbocycles. The van der Waals surface area contributed by atoms with Gasteiger partial charge in [0.2, 0.25) is 0 Å². The molecule has 6 nitrogen and oxygen atoms in total. The highest BCUT2D eigenvalue weighted by Gasteiger charge is 2.11. The first-order valence-corrected chi connectivity index (χ1v) is 5.45. The lowest BCUT2D eigenvalue weighted by molar-refractivity contribution is 0.693. The molecule has 0 bridgehead atoms. The summed E-state index contributed by atoms with van der Waals surface area (Å²) < 4.78 is 1.61. The smallest absolute Gasteiger partial charge is 0.293 e. The maximum absolute atomic E-state index is 12.0. The van der Waals surface area contributed by atoms with Crippen molar-refractivity contribution in [3.8, 4) is 0 Å². The molecule has 0 aliphatic heterocycles. The number of hydrogen-bond donors (Lipinski definition) is 2. The van der Waals surface area contributed by atoms with Crippen LogP contribution in [0.15, 0.2) is 17.2 Å². The highest BCUT2D eigenvalue weighted by atomic mass is 16.1. The van der Waals surface area contributed by atoms with E-state index in [0.717, 1.165) is 0 Å². The Kier molecular flexibility index (Phi) is 4.94. The first-order valence-electron chi connectivity index (χ1n) is 5.45. The molecule has 4 N–H and O–H groups in total. The third kappa shape index (κ3) is 2.80. The zero-order chi connectivity index (χ0) is 12.0. The van der Waals surface area contributed by atoms with Crippen molar-refractivity contribution in [2.45, 2.75) is 13.5 Å². The molecule has 0 saturated heterocycles. The van der Waals surface area contributed by atoms with E-state index in [1.165, 1.54) is 0 Å². The molecule has 6 heteroatoms. The van der Waals surface area contributed by atoms with Gasteiger partial charge in [-0.05, 0) is 6.92 Å². The van der Waals surface area contributed by atoms with Gasteiger partial charge in [0.1, 0.15) is 0 Å². The second kappa shape index (κ2) is 6.24. The molecule has 0 aliphatic carbocycles. The number of aryl methyl sites for hydroxylation is 1. The maximum Gasteiger partial charge on any atom is 0.293 e. The summed E-state index contributed by atoms with van der Waals surface area (Å²) in [7, 11) is 0. The second-order valence-corrected chi connectivity index (χ2v) is 3.41. The Morgan fingerprint density at radius 3 is 2.50 bits per heavy atom. The molecule has 0 unspecified atom stereocenters. The minimum absolute atomic E-state index is 0.0908. The van der Waals surface area contributed by atoms with Crippen LogP contribution in [0.5, 0.6) is 0 Å². The molecule has 0 spiro atoms. The molecule has 90 valence electrons. The van der Waals surface area contributed by atoms with E-state index in [0.29, 0.717) is 38.5 Å². The van der Waals surface area contributed by atoms with Crippen molar-refractivity contribution in [2.24, 2.45) is 11.5 Å². The number of nitrogens with zero attached hydrogens (tertiary/aromatic N) is 3. The minimum atomic E-state index is -0.0908. The summed E-state index contributed by atoms with van der Waals surface area (Å²) in [6, 6.07) is 0. The van der Waals surface area contributed by atoms with E-state index in [-0.39, 0.29) is 5.56 Å². The van der Waals surface area contributed by atoms with Gasteiger partial charge < -0.3 is 20.9 Å². The third-order valence-corrected chi connectivity index (χ3v) is 2.33. The van der Waals surface area contributed by atoms with E-state index in [2.05, 4.69) is 4.98 Å². The average molecular weight is 225 g/mol. The number of rotatable bonds is 6. The number of anilines is 1. The molecular weight excluding hydrogens is 206 g/mol. The third-order valence-electron chi connectivity index (χ3n) is 2.33. The van der Waals surface area contributed by atoms with E-state index in [1.54, 1.807) is 17.0 Å². The first kappa shape index (κ1) is 12.7. The number of hydrogen-bond acceptors (Lipinski definition) is 5. The standard InChI is InChI=1S/C10H19N5O/c1-2-14-8-5-13-9(10(14)16)15(6-3-11)7-4-12/h5,8H,2-4,6-7,11-12H2,1H3. The molecule has 1 heterocycles. The summed E-state index contributed by atoms with van der Waals surface area (Å²) in [6.07, 6.45) is 3.30. The summed E-state index contributed by atoms with van der Waals surface area (Å²) in [4.78, 5) is 17.9. The van der Waals surface area contributed by atoms with E-state index >= 15 is 0 Å². The van der Waals surface area contributed by atoms with Gasteiger partial charge >= 0.3 is 0 Å². The molecule has 0 aliphatic rings. The molecule has 0 atom stereocenters. The highest BCUT2D eigenvalue weighted by Crippen LogP contribution is 2.01. The molecular formula is C10H19N5O. The van der Waals surface area contributed by atoms with Crippen molar-refractivity contribution in [3.05, 3.63) is 22.7 Å². The SMILES string of the molecule is CCn1ccnc(N(CCN)CCN)c1=O. The molecule has 0 radical (unpaired) electrons. The lowest BCUT2D eigenvalue weighted by atomic mass is 10.4. The van der Waals surface area contributed by atoms with Crippen molar-refractivity contribution in [3.63, 3.8) is 0 Å². The summed E-state index contributed by atoms with van der Waals surface area (Å²) in [5, 5.41) is 0. The van der Waals surface area contributed by atoms with Crippen LogP contribution in [-0.2, 0) is 6.54 Å². The van der Waals surface area contributed by atoms with Gasteiger partial charge in [-0.1, -0.05) is 0 Å². The summed E-state index contributed by atoms with van der Waals surface area (Å²) >= 11 is 0. The van der Waals surface area contributed by atoms with Gasteiger partial charge in [-0.25, -0.2) is 4.98 Å². The molecule has 16 heavy (non-hydrogen) atoms. The quantitative estimate of drug-likeness (QED) is 0.647. The van der Waals surface area contributed by atoms with Gasteiger partial charge in [-0.3, -0.25) is 4.79 Å². The van der Waals surface area contributed by atoms with Crippen LogP contribution in [-0.4, -0.2) is 35.7 Å². The maximum atomic E-state index is 12.0. The predicted octanol–water partition coefficient (Wildman–Crippen LogP) is -1.01.